The first-order chi connectivity index (χ1) is 7.83. The first-order valence-electron chi connectivity index (χ1n) is 5.17. The van der Waals surface area contributed by atoms with Crippen molar-refractivity contribution in [2.45, 2.75) is 13.0 Å². The van der Waals surface area contributed by atoms with Crippen molar-refractivity contribution < 1.29 is 0 Å². The van der Waals surface area contributed by atoms with Crippen LogP contribution in [0, 0.1) is 0 Å². The Morgan fingerprint density at radius 2 is 2.12 bits per heavy atom. The van der Waals surface area contributed by atoms with Gasteiger partial charge in [0.2, 0.25) is 0 Å². The molecule has 84 valence electrons. The van der Waals surface area contributed by atoms with Crippen molar-refractivity contribution in [3.8, 4) is 0 Å². The van der Waals surface area contributed by atoms with E-state index < -0.39 is 0 Å². The summed E-state index contributed by atoms with van der Waals surface area (Å²) in [5, 5.41) is 11.1. The molecule has 0 aliphatic heterocycles. The molecule has 2 aromatic rings. The Morgan fingerprint density at radius 1 is 1.38 bits per heavy atom. The molecule has 2 rings (SSSR count). The van der Waals surface area contributed by atoms with Gasteiger partial charge in [0, 0.05) is 19.4 Å². The standard InChI is InChI=1S/C10H14N6/c1-3-11-9(8-7-14-15-16(8)2)10-12-5-4-6-13-10/h4-7,9,11H,3H2,1-2H3. The molecule has 0 bridgehead atoms. The van der Waals surface area contributed by atoms with Crippen LogP contribution in [-0.4, -0.2) is 31.5 Å². The van der Waals surface area contributed by atoms with Crippen molar-refractivity contribution in [3.05, 3.63) is 36.2 Å². The fourth-order valence-corrected chi connectivity index (χ4v) is 1.55. The molecule has 6 nitrogen and oxygen atoms in total. The van der Waals surface area contributed by atoms with Crippen molar-refractivity contribution in [1.29, 1.82) is 0 Å². The molecule has 1 N–H and O–H groups in total. The van der Waals surface area contributed by atoms with Crippen molar-refractivity contribution in [1.82, 2.24) is 30.3 Å². The maximum absolute atomic E-state index is 4.25. The van der Waals surface area contributed by atoms with Gasteiger partial charge in [-0.25, -0.2) is 9.97 Å². The van der Waals surface area contributed by atoms with E-state index in [9.17, 15) is 0 Å². The molecule has 0 saturated heterocycles. The van der Waals surface area contributed by atoms with Crippen LogP contribution in [-0.2, 0) is 7.05 Å². The molecule has 1 atom stereocenters. The number of rotatable bonds is 4. The lowest BCUT2D eigenvalue weighted by Crippen LogP contribution is -2.25. The number of hydrogen-bond acceptors (Lipinski definition) is 5. The highest BCUT2D eigenvalue weighted by atomic mass is 15.4. The highest BCUT2D eigenvalue weighted by Gasteiger charge is 2.19. The van der Waals surface area contributed by atoms with E-state index in [-0.39, 0.29) is 6.04 Å². The minimum atomic E-state index is -0.0637. The van der Waals surface area contributed by atoms with Crippen LogP contribution in [0.3, 0.4) is 0 Å². The molecule has 0 aromatic carbocycles. The van der Waals surface area contributed by atoms with Gasteiger partial charge in [-0.1, -0.05) is 12.1 Å². The molecule has 0 amide bonds. The highest BCUT2D eigenvalue weighted by molar-refractivity contribution is 5.13. The van der Waals surface area contributed by atoms with Gasteiger partial charge in [0.25, 0.3) is 0 Å². The van der Waals surface area contributed by atoms with E-state index in [1.165, 1.54) is 0 Å². The van der Waals surface area contributed by atoms with Gasteiger partial charge < -0.3 is 5.32 Å². The Bertz CT molecular complexity index is 438. The monoisotopic (exact) mass is 218 g/mol. The summed E-state index contributed by atoms with van der Waals surface area (Å²) >= 11 is 0. The smallest absolute Gasteiger partial charge is 0.151 e. The molecule has 0 aliphatic carbocycles. The van der Waals surface area contributed by atoms with Gasteiger partial charge in [-0.15, -0.1) is 5.10 Å². The maximum Gasteiger partial charge on any atom is 0.151 e. The summed E-state index contributed by atoms with van der Waals surface area (Å²) in [6, 6.07) is 1.74. The van der Waals surface area contributed by atoms with Gasteiger partial charge >= 0.3 is 0 Å². The van der Waals surface area contributed by atoms with Gasteiger partial charge in [0.05, 0.1) is 11.9 Å². The van der Waals surface area contributed by atoms with E-state index >= 15 is 0 Å². The third kappa shape index (κ3) is 2.06. The summed E-state index contributed by atoms with van der Waals surface area (Å²) in [6.07, 6.45) is 5.19. The van der Waals surface area contributed by atoms with Gasteiger partial charge in [-0.3, -0.25) is 4.68 Å². The van der Waals surface area contributed by atoms with Crippen molar-refractivity contribution in [3.63, 3.8) is 0 Å². The molecule has 0 fully saturated rings. The molecule has 2 aromatic heterocycles. The van der Waals surface area contributed by atoms with Crippen LogP contribution in [0.1, 0.15) is 24.5 Å². The second-order valence-electron chi connectivity index (χ2n) is 3.38. The Hall–Kier alpha value is -1.82. The second kappa shape index (κ2) is 4.80. The molecule has 0 saturated carbocycles. The topological polar surface area (TPSA) is 68.5 Å². The number of hydrogen-bond donors (Lipinski definition) is 1. The lowest BCUT2D eigenvalue weighted by Gasteiger charge is -2.15. The van der Waals surface area contributed by atoms with Crippen LogP contribution in [0.25, 0.3) is 0 Å². The summed E-state index contributed by atoms with van der Waals surface area (Å²) in [5.41, 5.74) is 0.952. The second-order valence-corrected chi connectivity index (χ2v) is 3.38. The average Bonchev–Trinajstić information content (AvgIpc) is 2.73. The minimum Gasteiger partial charge on any atom is -0.303 e. The van der Waals surface area contributed by atoms with Crippen LogP contribution in [0.5, 0.6) is 0 Å². The molecular formula is C10H14N6. The number of aromatic nitrogens is 5. The van der Waals surface area contributed by atoms with Gasteiger partial charge in [0.15, 0.2) is 5.82 Å². The Labute approximate surface area is 93.7 Å². The van der Waals surface area contributed by atoms with Crippen LogP contribution in [0.2, 0.25) is 0 Å². The van der Waals surface area contributed by atoms with E-state index in [1.807, 2.05) is 14.0 Å². The van der Waals surface area contributed by atoms with Gasteiger partial charge in [-0.05, 0) is 12.6 Å². The van der Waals surface area contributed by atoms with Crippen molar-refractivity contribution >= 4 is 0 Å². The van der Waals surface area contributed by atoms with Crippen molar-refractivity contribution in [2.24, 2.45) is 7.05 Å². The molecule has 0 spiro atoms. The number of nitrogens with one attached hydrogen (secondary N) is 1. The lowest BCUT2D eigenvalue weighted by atomic mass is 10.2. The quantitative estimate of drug-likeness (QED) is 0.799. The normalized spacial score (nSPS) is 12.6. The molecule has 1 unspecified atom stereocenters. The fourth-order valence-electron chi connectivity index (χ4n) is 1.55. The number of nitrogens with zero attached hydrogens (tertiary/aromatic N) is 5. The first kappa shape index (κ1) is 10.7. The Balaban J connectivity index is 2.35. The van der Waals surface area contributed by atoms with E-state index in [0.717, 1.165) is 18.1 Å². The molecule has 6 heteroatoms. The molecule has 0 radical (unpaired) electrons. The van der Waals surface area contributed by atoms with Crippen LogP contribution in [0.15, 0.2) is 24.7 Å². The fraction of sp³-hybridized carbons (Fsp3) is 0.400. The summed E-state index contributed by atoms with van der Waals surface area (Å²) < 4.78 is 1.73. The summed E-state index contributed by atoms with van der Waals surface area (Å²) in [7, 11) is 1.86. The lowest BCUT2D eigenvalue weighted by molar-refractivity contribution is 0.545. The summed E-state index contributed by atoms with van der Waals surface area (Å²) in [4.78, 5) is 8.50. The highest BCUT2D eigenvalue weighted by Crippen LogP contribution is 2.15. The molecule has 0 aliphatic rings. The molecule has 16 heavy (non-hydrogen) atoms. The zero-order valence-corrected chi connectivity index (χ0v) is 9.33. The minimum absolute atomic E-state index is 0.0637. The Morgan fingerprint density at radius 3 is 2.69 bits per heavy atom. The third-order valence-electron chi connectivity index (χ3n) is 2.30. The van der Waals surface area contributed by atoms with E-state index in [2.05, 4.69) is 25.6 Å². The zero-order chi connectivity index (χ0) is 11.4. The SMILES string of the molecule is CCNC(c1ncccn1)c1cnnn1C. The third-order valence-corrected chi connectivity index (χ3v) is 2.30. The largest absolute Gasteiger partial charge is 0.303 e. The van der Waals surface area contributed by atoms with Crippen LogP contribution in [0.4, 0.5) is 0 Å². The maximum atomic E-state index is 4.25. The summed E-state index contributed by atoms with van der Waals surface area (Å²) in [5.74, 6) is 0.731. The van der Waals surface area contributed by atoms with Gasteiger partial charge in [-0.2, -0.15) is 0 Å². The van der Waals surface area contributed by atoms with Crippen LogP contribution < -0.4 is 5.32 Å². The predicted octanol–water partition coefficient (Wildman–Crippen LogP) is 0.304. The Kier molecular flexibility index (Phi) is 3.21. The van der Waals surface area contributed by atoms with E-state index in [4.69, 9.17) is 0 Å². The van der Waals surface area contributed by atoms with E-state index in [1.54, 1.807) is 29.3 Å². The van der Waals surface area contributed by atoms with Crippen molar-refractivity contribution in [2.75, 3.05) is 6.54 Å². The summed E-state index contributed by atoms with van der Waals surface area (Å²) in [6.45, 7) is 2.87. The molecular weight excluding hydrogens is 204 g/mol. The van der Waals surface area contributed by atoms with E-state index in [0.29, 0.717) is 0 Å². The van der Waals surface area contributed by atoms with Crippen LogP contribution >= 0.6 is 0 Å². The first-order valence-corrected chi connectivity index (χ1v) is 5.17. The molecule has 2 heterocycles. The predicted molar refractivity (Wildman–Crippen MR) is 58.6 cm³/mol. The number of aryl methyl sites for hydroxylation is 1. The average molecular weight is 218 g/mol. The zero-order valence-electron chi connectivity index (χ0n) is 9.33. The van der Waals surface area contributed by atoms with Gasteiger partial charge in [0.1, 0.15) is 6.04 Å².